The minimum Gasteiger partial charge on any atom is -0.391 e. The van der Waals surface area contributed by atoms with Gasteiger partial charge in [-0.25, -0.2) is 0 Å². The lowest BCUT2D eigenvalue weighted by atomic mass is 10.1. The Morgan fingerprint density at radius 3 is 3.10 bits per heavy atom. The molecule has 0 aromatic rings. The molecule has 10 heavy (non-hydrogen) atoms. The van der Waals surface area contributed by atoms with E-state index in [1.54, 1.807) is 0 Å². The van der Waals surface area contributed by atoms with Gasteiger partial charge in [0.05, 0.1) is 6.10 Å². The van der Waals surface area contributed by atoms with Crippen LogP contribution in [0.4, 0.5) is 0 Å². The molecule has 0 spiro atoms. The molecular weight excluding hydrogens is 132 g/mol. The fraction of sp³-hybridized carbons (Fsp3) is 0.833. The van der Waals surface area contributed by atoms with Crippen LogP contribution < -0.4 is 11.1 Å². The molecule has 1 saturated heterocycles. The van der Waals surface area contributed by atoms with Crippen LogP contribution in [0.5, 0.6) is 0 Å². The van der Waals surface area contributed by atoms with Gasteiger partial charge in [0.15, 0.2) is 0 Å². The molecule has 2 atom stereocenters. The molecule has 0 unspecified atom stereocenters. The van der Waals surface area contributed by atoms with E-state index in [1.807, 2.05) is 0 Å². The van der Waals surface area contributed by atoms with Crippen molar-refractivity contribution in [1.82, 2.24) is 5.32 Å². The van der Waals surface area contributed by atoms with Crippen LogP contribution in [0.1, 0.15) is 12.8 Å². The Hall–Kier alpha value is -0.610. The first kappa shape index (κ1) is 7.50. The molecule has 1 aliphatic rings. The quantitative estimate of drug-likeness (QED) is 0.391. The lowest BCUT2D eigenvalue weighted by molar-refractivity contribution is -0.123. The summed E-state index contributed by atoms with van der Waals surface area (Å²) >= 11 is 0. The highest BCUT2D eigenvalue weighted by molar-refractivity contribution is 5.82. The first-order valence-electron chi connectivity index (χ1n) is 3.43. The van der Waals surface area contributed by atoms with Crippen LogP contribution in [0, 0.1) is 0 Å². The van der Waals surface area contributed by atoms with Crippen molar-refractivity contribution in [2.45, 2.75) is 25.0 Å². The summed E-state index contributed by atoms with van der Waals surface area (Å²) in [6.07, 6.45) is 0.753. The highest BCUT2D eigenvalue weighted by atomic mass is 16.3. The molecule has 4 heteroatoms. The van der Waals surface area contributed by atoms with Gasteiger partial charge < -0.3 is 16.2 Å². The van der Waals surface area contributed by atoms with E-state index in [9.17, 15) is 4.79 Å². The summed E-state index contributed by atoms with van der Waals surface area (Å²) in [4.78, 5) is 10.8. The lowest BCUT2D eigenvalue weighted by Gasteiger charge is -2.12. The van der Waals surface area contributed by atoms with Gasteiger partial charge in [-0.1, -0.05) is 0 Å². The predicted molar refractivity (Wildman–Crippen MR) is 36.2 cm³/mol. The standard InChI is InChI=1S/C6H12N2O2/c7-5-4(9)2-1-3-8-6(5)10/h4-5,9H,1-3,7H2,(H,8,10)/t4-,5+/m1/s1. The van der Waals surface area contributed by atoms with Crippen LogP contribution in [-0.2, 0) is 4.79 Å². The van der Waals surface area contributed by atoms with Crippen LogP contribution in [0.3, 0.4) is 0 Å². The van der Waals surface area contributed by atoms with Gasteiger partial charge >= 0.3 is 0 Å². The number of nitrogens with two attached hydrogens (primary N) is 1. The van der Waals surface area contributed by atoms with Gasteiger partial charge in [-0.05, 0) is 12.8 Å². The minimum absolute atomic E-state index is 0.245. The highest BCUT2D eigenvalue weighted by Crippen LogP contribution is 2.03. The Bertz CT molecular complexity index is 138. The Labute approximate surface area is 59.4 Å². The van der Waals surface area contributed by atoms with Crippen LogP contribution in [0.15, 0.2) is 0 Å². The summed E-state index contributed by atoms with van der Waals surface area (Å²) < 4.78 is 0. The van der Waals surface area contributed by atoms with E-state index in [1.165, 1.54) is 0 Å². The average molecular weight is 144 g/mol. The maximum atomic E-state index is 10.8. The summed E-state index contributed by atoms with van der Waals surface area (Å²) in [5.41, 5.74) is 5.36. The molecule has 0 aromatic heterocycles. The fourth-order valence-corrected chi connectivity index (χ4v) is 0.995. The van der Waals surface area contributed by atoms with Crippen molar-refractivity contribution < 1.29 is 9.90 Å². The van der Waals surface area contributed by atoms with Crippen LogP contribution in [0.2, 0.25) is 0 Å². The second kappa shape index (κ2) is 2.98. The topological polar surface area (TPSA) is 75.4 Å². The molecule has 1 heterocycles. The second-order valence-electron chi connectivity index (χ2n) is 2.53. The van der Waals surface area contributed by atoms with Gasteiger partial charge in [-0.2, -0.15) is 0 Å². The third-order valence-corrected chi connectivity index (χ3v) is 1.69. The highest BCUT2D eigenvalue weighted by Gasteiger charge is 2.24. The molecule has 58 valence electrons. The molecule has 0 aliphatic carbocycles. The van der Waals surface area contributed by atoms with Crippen molar-refractivity contribution in [2.24, 2.45) is 5.73 Å². The maximum Gasteiger partial charge on any atom is 0.239 e. The van der Waals surface area contributed by atoms with Gasteiger partial charge in [-0.3, -0.25) is 4.79 Å². The third-order valence-electron chi connectivity index (χ3n) is 1.69. The monoisotopic (exact) mass is 144 g/mol. The van der Waals surface area contributed by atoms with Crippen LogP contribution >= 0.6 is 0 Å². The number of carbonyl (C=O) groups is 1. The fourth-order valence-electron chi connectivity index (χ4n) is 0.995. The van der Waals surface area contributed by atoms with Crippen molar-refractivity contribution in [2.75, 3.05) is 6.54 Å². The molecule has 0 saturated carbocycles. The van der Waals surface area contributed by atoms with Gasteiger partial charge in [-0.15, -0.1) is 0 Å². The van der Waals surface area contributed by atoms with Crippen molar-refractivity contribution in [3.63, 3.8) is 0 Å². The van der Waals surface area contributed by atoms with E-state index in [4.69, 9.17) is 10.8 Å². The molecular formula is C6H12N2O2. The molecule has 4 N–H and O–H groups in total. The van der Waals surface area contributed by atoms with E-state index < -0.39 is 12.1 Å². The number of aliphatic hydroxyl groups is 1. The Balaban J connectivity index is 2.55. The average Bonchev–Trinajstić information content (AvgIpc) is 2.04. The van der Waals surface area contributed by atoms with Crippen molar-refractivity contribution in [3.05, 3.63) is 0 Å². The van der Waals surface area contributed by atoms with Crippen LogP contribution in [-0.4, -0.2) is 29.7 Å². The van der Waals surface area contributed by atoms with E-state index in [-0.39, 0.29) is 5.91 Å². The number of hydrogen-bond donors (Lipinski definition) is 3. The number of rotatable bonds is 0. The zero-order chi connectivity index (χ0) is 7.56. The van der Waals surface area contributed by atoms with Crippen molar-refractivity contribution in [3.8, 4) is 0 Å². The molecule has 4 nitrogen and oxygen atoms in total. The van der Waals surface area contributed by atoms with Gasteiger partial charge in [0.1, 0.15) is 6.04 Å². The van der Waals surface area contributed by atoms with Crippen molar-refractivity contribution in [1.29, 1.82) is 0 Å². The third kappa shape index (κ3) is 1.46. The number of carbonyl (C=O) groups excluding carboxylic acids is 1. The zero-order valence-corrected chi connectivity index (χ0v) is 5.71. The number of hydrogen-bond acceptors (Lipinski definition) is 3. The van der Waals surface area contributed by atoms with Gasteiger partial charge in [0, 0.05) is 6.54 Å². The maximum absolute atomic E-state index is 10.8. The van der Waals surface area contributed by atoms with Gasteiger partial charge in [0.25, 0.3) is 0 Å². The van der Waals surface area contributed by atoms with Crippen LogP contribution in [0.25, 0.3) is 0 Å². The largest absolute Gasteiger partial charge is 0.391 e. The SMILES string of the molecule is N[C@@H]1C(=O)NCCC[C@H]1O. The Morgan fingerprint density at radius 1 is 1.70 bits per heavy atom. The summed E-state index contributed by atoms with van der Waals surface area (Å²) in [6, 6.07) is -0.734. The molecule has 1 amide bonds. The lowest BCUT2D eigenvalue weighted by Crippen LogP contribution is -2.45. The summed E-state index contributed by atoms with van der Waals surface area (Å²) in [5, 5.41) is 11.7. The van der Waals surface area contributed by atoms with E-state index >= 15 is 0 Å². The molecule has 1 aliphatic heterocycles. The summed E-state index contributed by atoms with van der Waals surface area (Å²) in [5.74, 6) is -0.245. The smallest absolute Gasteiger partial charge is 0.239 e. The number of nitrogens with one attached hydrogen (secondary N) is 1. The van der Waals surface area contributed by atoms with E-state index in [2.05, 4.69) is 5.32 Å². The Morgan fingerprint density at radius 2 is 2.40 bits per heavy atom. The number of aliphatic hydroxyl groups excluding tert-OH is 1. The van der Waals surface area contributed by atoms with Crippen molar-refractivity contribution >= 4 is 5.91 Å². The van der Waals surface area contributed by atoms with E-state index in [0.29, 0.717) is 13.0 Å². The molecule has 0 aromatic carbocycles. The summed E-state index contributed by atoms with van der Waals surface area (Å²) in [6.45, 7) is 0.629. The zero-order valence-electron chi connectivity index (χ0n) is 5.71. The van der Waals surface area contributed by atoms with Gasteiger partial charge in [0.2, 0.25) is 5.91 Å². The first-order chi connectivity index (χ1) is 4.72. The normalized spacial score (nSPS) is 34.8. The summed E-state index contributed by atoms with van der Waals surface area (Å²) in [7, 11) is 0. The molecule has 1 fully saturated rings. The van der Waals surface area contributed by atoms with E-state index in [0.717, 1.165) is 6.42 Å². The second-order valence-corrected chi connectivity index (χ2v) is 2.53. The molecule has 0 bridgehead atoms. The Kier molecular flexibility index (Phi) is 2.24. The predicted octanol–water partition coefficient (Wildman–Crippen LogP) is -1.42. The molecule has 0 radical (unpaired) electrons. The first-order valence-corrected chi connectivity index (χ1v) is 3.43. The number of amides is 1. The molecule has 1 rings (SSSR count). The minimum atomic E-state index is -0.734.